The number of carbonyl (C=O) groups excluding carboxylic acids is 1. The number of methoxy groups -OCH3 is 1. The van der Waals surface area contributed by atoms with Gasteiger partial charge in [0.05, 0.1) is 25.7 Å². The van der Waals surface area contributed by atoms with Gasteiger partial charge in [-0.25, -0.2) is 0 Å². The van der Waals surface area contributed by atoms with Crippen LogP contribution in [0.15, 0.2) is 30.3 Å². The summed E-state index contributed by atoms with van der Waals surface area (Å²) in [7, 11) is 1.63. The zero-order valence-electron chi connectivity index (χ0n) is 11.8. The molecular formula is C15H22N2O3. The largest absolute Gasteiger partial charge is 0.383 e. The number of hydrogen-bond acceptors (Lipinski definition) is 4. The molecular weight excluding hydrogens is 256 g/mol. The standard InChI is InChI=1S/C15H22N2O3/c1-19-8-7-17(9-12-5-3-2-4-6-12)15(18)13-10-20-11-14(13)16/h2-6,13-14H,7-11,16H2,1H3. The Kier molecular flexibility index (Phi) is 5.52. The van der Waals surface area contributed by atoms with Gasteiger partial charge in [0, 0.05) is 26.2 Å². The van der Waals surface area contributed by atoms with Crippen molar-refractivity contribution in [1.29, 1.82) is 0 Å². The molecule has 5 nitrogen and oxygen atoms in total. The van der Waals surface area contributed by atoms with E-state index in [2.05, 4.69) is 0 Å². The van der Waals surface area contributed by atoms with Gasteiger partial charge in [0.15, 0.2) is 0 Å². The normalized spacial score (nSPS) is 21.9. The Morgan fingerprint density at radius 3 is 2.75 bits per heavy atom. The minimum absolute atomic E-state index is 0.0518. The third-order valence-electron chi connectivity index (χ3n) is 3.53. The number of nitrogens with two attached hydrogens (primary N) is 1. The molecule has 0 bridgehead atoms. The average molecular weight is 278 g/mol. The first-order valence-electron chi connectivity index (χ1n) is 6.87. The molecule has 1 saturated heterocycles. The van der Waals surface area contributed by atoms with Crippen LogP contribution in [0.2, 0.25) is 0 Å². The molecule has 110 valence electrons. The summed E-state index contributed by atoms with van der Waals surface area (Å²) in [6.07, 6.45) is 0. The molecule has 2 N–H and O–H groups in total. The first kappa shape index (κ1) is 15.0. The van der Waals surface area contributed by atoms with E-state index in [0.717, 1.165) is 5.56 Å². The van der Waals surface area contributed by atoms with Gasteiger partial charge in [-0.3, -0.25) is 4.79 Å². The third kappa shape index (κ3) is 3.79. The molecule has 0 spiro atoms. The Bertz CT molecular complexity index is 424. The highest BCUT2D eigenvalue weighted by atomic mass is 16.5. The van der Waals surface area contributed by atoms with Crippen molar-refractivity contribution in [2.45, 2.75) is 12.6 Å². The lowest BCUT2D eigenvalue weighted by molar-refractivity contribution is -0.137. The van der Waals surface area contributed by atoms with Gasteiger partial charge in [-0.15, -0.1) is 0 Å². The van der Waals surface area contributed by atoms with Crippen LogP contribution in [-0.4, -0.2) is 50.3 Å². The molecule has 2 atom stereocenters. The minimum atomic E-state index is -0.240. The Morgan fingerprint density at radius 1 is 1.40 bits per heavy atom. The van der Waals surface area contributed by atoms with E-state index in [1.807, 2.05) is 30.3 Å². The van der Waals surface area contributed by atoms with Crippen molar-refractivity contribution in [2.24, 2.45) is 11.7 Å². The molecule has 1 aliphatic rings. The van der Waals surface area contributed by atoms with Gasteiger partial charge < -0.3 is 20.1 Å². The summed E-state index contributed by atoms with van der Waals surface area (Å²) in [6, 6.07) is 9.72. The van der Waals surface area contributed by atoms with E-state index < -0.39 is 0 Å². The molecule has 0 aromatic heterocycles. The number of benzene rings is 1. The van der Waals surface area contributed by atoms with Gasteiger partial charge in [-0.05, 0) is 5.56 Å². The predicted octanol–water partition coefficient (Wildman–Crippen LogP) is 0.635. The van der Waals surface area contributed by atoms with Crippen molar-refractivity contribution in [3.63, 3.8) is 0 Å². The van der Waals surface area contributed by atoms with E-state index in [1.165, 1.54) is 0 Å². The Balaban J connectivity index is 2.04. The highest BCUT2D eigenvalue weighted by molar-refractivity contribution is 5.80. The molecule has 2 unspecified atom stereocenters. The summed E-state index contributed by atoms with van der Waals surface area (Å²) in [6.45, 7) is 2.53. The maximum Gasteiger partial charge on any atom is 0.230 e. The third-order valence-corrected chi connectivity index (χ3v) is 3.53. The lowest BCUT2D eigenvalue weighted by Crippen LogP contribution is -2.44. The van der Waals surface area contributed by atoms with Gasteiger partial charge >= 0.3 is 0 Å². The van der Waals surface area contributed by atoms with Crippen LogP contribution in [0.5, 0.6) is 0 Å². The second kappa shape index (κ2) is 7.38. The summed E-state index contributed by atoms with van der Waals surface area (Å²) in [5, 5.41) is 0. The number of carbonyl (C=O) groups is 1. The smallest absolute Gasteiger partial charge is 0.230 e. The molecule has 1 aromatic carbocycles. The number of nitrogens with zero attached hydrogens (tertiary/aromatic N) is 1. The van der Waals surface area contributed by atoms with Gasteiger partial charge in [0.1, 0.15) is 0 Å². The zero-order chi connectivity index (χ0) is 14.4. The topological polar surface area (TPSA) is 64.8 Å². The predicted molar refractivity (Wildman–Crippen MR) is 76.0 cm³/mol. The van der Waals surface area contributed by atoms with Crippen LogP contribution in [-0.2, 0) is 20.8 Å². The molecule has 1 fully saturated rings. The van der Waals surface area contributed by atoms with Crippen molar-refractivity contribution in [3.05, 3.63) is 35.9 Å². The second-order valence-corrected chi connectivity index (χ2v) is 5.05. The van der Waals surface area contributed by atoms with E-state index in [0.29, 0.717) is 32.9 Å². The van der Waals surface area contributed by atoms with Gasteiger partial charge in [0.25, 0.3) is 0 Å². The van der Waals surface area contributed by atoms with Crippen LogP contribution in [0.3, 0.4) is 0 Å². The van der Waals surface area contributed by atoms with E-state index in [9.17, 15) is 4.79 Å². The quantitative estimate of drug-likeness (QED) is 0.829. The van der Waals surface area contributed by atoms with Crippen molar-refractivity contribution in [2.75, 3.05) is 33.5 Å². The number of ether oxygens (including phenoxy) is 2. The number of rotatable bonds is 6. The van der Waals surface area contributed by atoms with Gasteiger partial charge in [0.2, 0.25) is 5.91 Å². The van der Waals surface area contributed by atoms with E-state index in [-0.39, 0.29) is 17.9 Å². The van der Waals surface area contributed by atoms with Crippen LogP contribution in [0.25, 0.3) is 0 Å². The maximum atomic E-state index is 12.6. The number of hydrogen-bond donors (Lipinski definition) is 1. The SMILES string of the molecule is COCCN(Cc1ccccc1)C(=O)C1COCC1N. The summed E-state index contributed by atoms with van der Waals surface area (Å²) >= 11 is 0. The van der Waals surface area contributed by atoms with E-state index >= 15 is 0 Å². The van der Waals surface area contributed by atoms with Gasteiger partial charge in [-0.1, -0.05) is 30.3 Å². The lowest BCUT2D eigenvalue weighted by atomic mass is 10.0. The molecule has 0 aliphatic carbocycles. The Morgan fingerprint density at radius 2 is 2.15 bits per heavy atom. The lowest BCUT2D eigenvalue weighted by Gasteiger charge is -2.26. The molecule has 0 saturated carbocycles. The molecule has 1 heterocycles. The summed E-state index contributed by atoms with van der Waals surface area (Å²) in [5.74, 6) is -0.188. The molecule has 20 heavy (non-hydrogen) atoms. The minimum Gasteiger partial charge on any atom is -0.383 e. The van der Waals surface area contributed by atoms with Crippen LogP contribution in [0.4, 0.5) is 0 Å². The highest BCUT2D eigenvalue weighted by Crippen LogP contribution is 2.16. The second-order valence-electron chi connectivity index (χ2n) is 5.05. The zero-order valence-corrected chi connectivity index (χ0v) is 11.8. The highest BCUT2D eigenvalue weighted by Gasteiger charge is 2.34. The Hall–Kier alpha value is -1.43. The summed E-state index contributed by atoms with van der Waals surface area (Å²) in [5.41, 5.74) is 7.04. The Labute approximate surface area is 119 Å². The first-order valence-corrected chi connectivity index (χ1v) is 6.87. The van der Waals surface area contributed by atoms with Crippen LogP contribution in [0, 0.1) is 5.92 Å². The fraction of sp³-hybridized carbons (Fsp3) is 0.533. The maximum absolute atomic E-state index is 12.6. The number of amides is 1. The summed E-state index contributed by atoms with van der Waals surface area (Å²) in [4.78, 5) is 14.4. The molecule has 0 radical (unpaired) electrons. The molecule has 2 rings (SSSR count). The van der Waals surface area contributed by atoms with Gasteiger partial charge in [-0.2, -0.15) is 0 Å². The van der Waals surface area contributed by atoms with Crippen molar-refractivity contribution < 1.29 is 14.3 Å². The first-order chi connectivity index (χ1) is 9.72. The fourth-order valence-corrected chi connectivity index (χ4v) is 2.33. The van der Waals surface area contributed by atoms with Crippen LogP contribution < -0.4 is 5.73 Å². The molecule has 1 aromatic rings. The van der Waals surface area contributed by atoms with Crippen molar-refractivity contribution in [1.82, 2.24) is 4.90 Å². The molecule has 5 heteroatoms. The average Bonchev–Trinajstić information content (AvgIpc) is 2.90. The molecule has 1 amide bonds. The molecule has 1 aliphatic heterocycles. The van der Waals surface area contributed by atoms with Crippen LogP contribution in [0.1, 0.15) is 5.56 Å². The fourth-order valence-electron chi connectivity index (χ4n) is 2.33. The van der Waals surface area contributed by atoms with E-state index in [4.69, 9.17) is 15.2 Å². The monoisotopic (exact) mass is 278 g/mol. The van der Waals surface area contributed by atoms with Crippen molar-refractivity contribution in [3.8, 4) is 0 Å². The summed E-state index contributed by atoms with van der Waals surface area (Å²) < 4.78 is 10.4. The van der Waals surface area contributed by atoms with E-state index in [1.54, 1.807) is 12.0 Å². The van der Waals surface area contributed by atoms with Crippen LogP contribution >= 0.6 is 0 Å². The van der Waals surface area contributed by atoms with Crippen molar-refractivity contribution >= 4 is 5.91 Å².